The van der Waals surface area contributed by atoms with Crippen LogP contribution in [-0.4, -0.2) is 0 Å². The molecule has 0 saturated heterocycles. The van der Waals surface area contributed by atoms with Crippen molar-refractivity contribution in [2.24, 2.45) is 23.2 Å². The van der Waals surface area contributed by atoms with Crippen LogP contribution in [0.25, 0.3) is 6.08 Å². The van der Waals surface area contributed by atoms with Crippen LogP contribution in [0.2, 0.25) is 0 Å². The van der Waals surface area contributed by atoms with Gasteiger partial charge in [0, 0.05) is 0 Å². The van der Waals surface area contributed by atoms with Crippen molar-refractivity contribution >= 4 is 6.08 Å². The largest absolute Gasteiger partial charge is 0.0777 e. The topological polar surface area (TPSA) is 0 Å². The van der Waals surface area contributed by atoms with Gasteiger partial charge in [-0.3, -0.25) is 0 Å². The van der Waals surface area contributed by atoms with Crippen molar-refractivity contribution < 1.29 is 0 Å². The van der Waals surface area contributed by atoms with E-state index in [9.17, 15) is 0 Å². The van der Waals surface area contributed by atoms with Crippen LogP contribution in [-0.2, 0) is 0 Å². The monoisotopic (exact) mass is 238 g/mol. The van der Waals surface area contributed by atoms with Gasteiger partial charge in [-0.15, -0.1) is 0 Å². The number of allylic oxidation sites excluding steroid dienone is 1. The molecule has 0 aromatic heterocycles. The first-order valence-corrected chi connectivity index (χ1v) is 7.56. The number of hydrogen-bond donors (Lipinski definition) is 0. The molecule has 18 heavy (non-hydrogen) atoms. The van der Waals surface area contributed by atoms with Gasteiger partial charge >= 0.3 is 0 Å². The van der Waals surface area contributed by atoms with E-state index in [1.165, 1.54) is 44.1 Å². The molecule has 0 nitrogen and oxygen atoms in total. The van der Waals surface area contributed by atoms with E-state index in [0.29, 0.717) is 5.41 Å². The van der Waals surface area contributed by atoms with Crippen molar-refractivity contribution in [3.63, 3.8) is 0 Å². The highest BCUT2D eigenvalue weighted by Crippen LogP contribution is 2.60. The van der Waals surface area contributed by atoms with Crippen molar-refractivity contribution in [2.45, 2.75) is 38.5 Å². The molecule has 94 valence electrons. The smallest absolute Gasteiger partial charge is 0.0107 e. The lowest BCUT2D eigenvalue weighted by molar-refractivity contribution is -0.0232. The third kappa shape index (κ3) is 1.83. The van der Waals surface area contributed by atoms with E-state index >= 15 is 0 Å². The Morgan fingerprint density at radius 3 is 1.94 bits per heavy atom. The molecular formula is C18H22. The van der Waals surface area contributed by atoms with Crippen molar-refractivity contribution in [3.8, 4) is 0 Å². The van der Waals surface area contributed by atoms with E-state index in [0.717, 1.165) is 17.8 Å². The van der Waals surface area contributed by atoms with Gasteiger partial charge in [0.2, 0.25) is 0 Å². The summed E-state index contributed by atoms with van der Waals surface area (Å²) in [5, 5.41) is 0. The van der Waals surface area contributed by atoms with Gasteiger partial charge in [-0.2, -0.15) is 0 Å². The second-order valence-corrected chi connectivity index (χ2v) is 7.02. The Labute approximate surface area is 110 Å². The molecule has 1 aromatic carbocycles. The first kappa shape index (κ1) is 10.8. The fourth-order valence-electron chi connectivity index (χ4n) is 5.22. The first-order chi connectivity index (χ1) is 8.81. The maximum Gasteiger partial charge on any atom is -0.0107 e. The average molecular weight is 238 g/mol. The third-order valence-corrected chi connectivity index (χ3v) is 5.51. The summed E-state index contributed by atoms with van der Waals surface area (Å²) in [7, 11) is 0. The molecule has 4 aliphatic carbocycles. The summed E-state index contributed by atoms with van der Waals surface area (Å²) in [5.74, 6) is 3.16. The van der Waals surface area contributed by atoms with Gasteiger partial charge in [0.05, 0.1) is 0 Å². The maximum atomic E-state index is 2.58. The molecule has 0 radical (unpaired) electrons. The van der Waals surface area contributed by atoms with Crippen LogP contribution in [0, 0.1) is 23.2 Å². The number of rotatable bonds is 2. The summed E-state index contributed by atoms with van der Waals surface area (Å²) < 4.78 is 0. The molecule has 0 unspecified atom stereocenters. The molecule has 4 aliphatic rings. The lowest BCUT2D eigenvalue weighted by Gasteiger charge is -2.55. The summed E-state index contributed by atoms with van der Waals surface area (Å²) >= 11 is 0. The molecule has 0 aliphatic heterocycles. The van der Waals surface area contributed by atoms with Crippen LogP contribution in [0.5, 0.6) is 0 Å². The Morgan fingerprint density at radius 1 is 0.833 bits per heavy atom. The SMILES string of the molecule is C(=C\C12CC3CC(CC(C3)C1)C2)/c1ccccc1. The molecule has 0 heterocycles. The summed E-state index contributed by atoms with van der Waals surface area (Å²) in [4.78, 5) is 0. The average Bonchev–Trinajstić information content (AvgIpc) is 2.36. The van der Waals surface area contributed by atoms with E-state index in [1.807, 2.05) is 0 Å². The highest BCUT2D eigenvalue weighted by Gasteiger charge is 2.49. The molecule has 0 N–H and O–H groups in total. The zero-order chi connectivity index (χ0) is 12.0. The summed E-state index contributed by atoms with van der Waals surface area (Å²) in [6.45, 7) is 0. The highest BCUT2D eigenvalue weighted by atomic mass is 14.5. The van der Waals surface area contributed by atoms with Crippen LogP contribution in [0.15, 0.2) is 36.4 Å². The predicted molar refractivity (Wildman–Crippen MR) is 76.1 cm³/mol. The Hall–Kier alpha value is -1.04. The molecule has 4 fully saturated rings. The third-order valence-electron chi connectivity index (χ3n) is 5.51. The van der Waals surface area contributed by atoms with E-state index < -0.39 is 0 Å². The van der Waals surface area contributed by atoms with E-state index in [4.69, 9.17) is 0 Å². The quantitative estimate of drug-likeness (QED) is 0.686. The van der Waals surface area contributed by atoms with Gasteiger partial charge in [-0.05, 0) is 67.3 Å². The Bertz CT molecular complexity index is 419. The summed E-state index contributed by atoms with van der Waals surface area (Å²) in [6, 6.07) is 10.8. The zero-order valence-electron chi connectivity index (χ0n) is 11.0. The molecule has 1 aromatic rings. The summed E-state index contributed by atoms with van der Waals surface area (Å²) in [5.41, 5.74) is 1.94. The predicted octanol–water partition coefficient (Wildman–Crippen LogP) is 4.92. The molecule has 0 atom stereocenters. The fraction of sp³-hybridized carbons (Fsp3) is 0.556. The van der Waals surface area contributed by atoms with Crippen molar-refractivity contribution in [3.05, 3.63) is 42.0 Å². The van der Waals surface area contributed by atoms with Gasteiger partial charge in [0.1, 0.15) is 0 Å². The van der Waals surface area contributed by atoms with Crippen molar-refractivity contribution in [1.82, 2.24) is 0 Å². The number of hydrogen-bond acceptors (Lipinski definition) is 0. The molecule has 4 bridgehead atoms. The molecule has 0 amide bonds. The second-order valence-electron chi connectivity index (χ2n) is 7.02. The Morgan fingerprint density at radius 2 is 1.39 bits per heavy atom. The molecule has 0 heteroatoms. The van der Waals surface area contributed by atoms with Crippen LogP contribution < -0.4 is 0 Å². The van der Waals surface area contributed by atoms with E-state index in [-0.39, 0.29) is 0 Å². The first-order valence-electron chi connectivity index (χ1n) is 7.56. The van der Waals surface area contributed by atoms with Crippen molar-refractivity contribution in [1.29, 1.82) is 0 Å². The number of benzene rings is 1. The molecule has 5 rings (SSSR count). The van der Waals surface area contributed by atoms with Crippen LogP contribution in [0.1, 0.15) is 44.1 Å². The lowest BCUT2D eigenvalue weighted by atomic mass is 9.49. The van der Waals surface area contributed by atoms with Gasteiger partial charge in [-0.1, -0.05) is 42.5 Å². The Balaban J connectivity index is 1.59. The molecule has 0 spiro atoms. The Kier molecular flexibility index (Phi) is 2.40. The maximum absolute atomic E-state index is 2.58. The van der Waals surface area contributed by atoms with Gasteiger partial charge in [-0.25, -0.2) is 0 Å². The minimum Gasteiger partial charge on any atom is -0.0777 e. The van der Waals surface area contributed by atoms with Gasteiger partial charge in [0.15, 0.2) is 0 Å². The van der Waals surface area contributed by atoms with E-state index in [1.54, 1.807) is 0 Å². The zero-order valence-corrected chi connectivity index (χ0v) is 11.0. The standard InChI is InChI=1S/C18H22/c1-2-4-14(5-3-1)6-7-18-11-15-8-16(12-18)10-17(9-15)13-18/h1-7,15-17H,8-13H2/b7-6+. The van der Waals surface area contributed by atoms with Gasteiger partial charge < -0.3 is 0 Å². The highest BCUT2D eigenvalue weighted by molar-refractivity contribution is 5.50. The van der Waals surface area contributed by atoms with Gasteiger partial charge in [0.25, 0.3) is 0 Å². The van der Waals surface area contributed by atoms with Crippen LogP contribution in [0.4, 0.5) is 0 Å². The lowest BCUT2D eigenvalue weighted by Crippen LogP contribution is -2.44. The molecular weight excluding hydrogens is 216 g/mol. The molecule has 4 saturated carbocycles. The van der Waals surface area contributed by atoms with Crippen LogP contribution >= 0.6 is 0 Å². The fourth-order valence-corrected chi connectivity index (χ4v) is 5.22. The second kappa shape index (κ2) is 3.98. The van der Waals surface area contributed by atoms with Crippen LogP contribution in [0.3, 0.4) is 0 Å². The minimum atomic E-state index is 0.574. The van der Waals surface area contributed by atoms with E-state index in [2.05, 4.69) is 42.5 Å². The normalized spacial score (nSPS) is 41.7. The summed E-state index contributed by atoms with van der Waals surface area (Å²) in [6.07, 6.45) is 14.0. The minimum absolute atomic E-state index is 0.574. The van der Waals surface area contributed by atoms with Crippen molar-refractivity contribution in [2.75, 3.05) is 0 Å².